The van der Waals surface area contributed by atoms with Crippen molar-refractivity contribution in [1.82, 2.24) is 0 Å². The molecular formula is C15H12BrClO2. The monoisotopic (exact) mass is 338 g/mol. The minimum atomic E-state index is 0.329. The fraction of sp³-hybridized carbons (Fsp3) is 0.133. The highest BCUT2D eigenvalue weighted by Crippen LogP contribution is 2.24. The zero-order valence-electron chi connectivity index (χ0n) is 10.3. The van der Waals surface area contributed by atoms with E-state index in [2.05, 4.69) is 15.9 Å². The maximum absolute atomic E-state index is 11.0. The Morgan fingerprint density at radius 3 is 2.74 bits per heavy atom. The summed E-state index contributed by atoms with van der Waals surface area (Å²) in [7, 11) is 0. The lowest BCUT2D eigenvalue weighted by Crippen LogP contribution is -1.99. The number of aryl methyl sites for hydroxylation is 1. The van der Waals surface area contributed by atoms with Crippen LogP contribution in [0, 0.1) is 6.92 Å². The number of carbonyl (C=O) groups excluding carboxylic acids is 1. The molecule has 0 atom stereocenters. The SMILES string of the molecule is Cc1ccc(OCc2ccc(Br)cc2Cl)c(C=O)c1. The van der Waals surface area contributed by atoms with E-state index in [0.717, 1.165) is 21.9 Å². The highest BCUT2D eigenvalue weighted by atomic mass is 79.9. The third-order valence-corrected chi connectivity index (χ3v) is 3.54. The van der Waals surface area contributed by atoms with Crippen molar-refractivity contribution >= 4 is 33.8 Å². The number of benzene rings is 2. The van der Waals surface area contributed by atoms with Crippen LogP contribution in [0.5, 0.6) is 5.75 Å². The van der Waals surface area contributed by atoms with E-state index in [-0.39, 0.29) is 0 Å². The van der Waals surface area contributed by atoms with Crippen LogP contribution >= 0.6 is 27.5 Å². The lowest BCUT2D eigenvalue weighted by Gasteiger charge is -2.10. The molecule has 0 aliphatic rings. The summed E-state index contributed by atoms with van der Waals surface area (Å²) in [6.45, 7) is 2.26. The lowest BCUT2D eigenvalue weighted by atomic mass is 10.1. The molecule has 0 amide bonds. The van der Waals surface area contributed by atoms with E-state index in [4.69, 9.17) is 16.3 Å². The van der Waals surface area contributed by atoms with Gasteiger partial charge in [-0.3, -0.25) is 4.79 Å². The van der Waals surface area contributed by atoms with Crippen LogP contribution in [0.15, 0.2) is 40.9 Å². The summed E-state index contributed by atoms with van der Waals surface area (Å²) in [5.41, 5.74) is 2.45. The van der Waals surface area contributed by atoms with E-state index in [1.807, 2.05) is 31.2 Å². The molecule has 0 heterocycles. The Bertz CT molecular complexity index is 611. The van der Waals surface area contributed by atoms with Gasteiger partial charge in [0.15, 0.2) is 6.29 Å². The van der Waals surface area contributed by atoms with Crippen LogP contribution in [0.25, 0.3) is 0 Å². The normalized spacial score (nSPS) is 10.3. The zero-order valence-corrected chi connectivity index (χ0v) is 12.7. The van der Waals surface area contributed by atoms with Crippen molar-refractivity contribution in [2.75, 3.05) is 0 Å². The topological polar surface area (TPSA) is 26.3 Å². The standard InChI is InChI=1S/C15H12BrClO2/c1-10-2-5-15(12(6-10)8-18)19-9-11-3-4-13(16)7-14(11)17/h2-8H,9H2,1H3. The molecule has 0 aliphatic heterocycles. The first-order valence-corrected chi connectivity index (χ1v) is 6.90. The highest BCUT2D eigenvalue weighted by molar-refractivity contribution is 9.10. The first kappa shape index (κ1) is 14.1. The summed E-state index contributed by atoms with van der Waals surface area (Å²) in [4.78, 5) is 11.0. The molecule has 0 unspecified atom stereocenters. The summed E-state index contributed by atoms with van der Waals surface area (Å²) in [6.07, 6.45) is 0.797. The summed E-state index contributed by atoms with van der Waals surface area (Å²) in [5, 5.41) is 0.633. The van der Waals surface area contributed by atoms with Crippen LogP contribution in [0.2, 0.25) is 5.02 Å². The van der Waals surface area contributed by atoms with Gasteiger partial charge in [-0.1, -0.05) is 45.2 Å². The van der Waals surface area contributed by atoms with Crippen LogP contribution < -0.4 is 4.74 Å². The van der Waals surface area contributed by atoms with Crippen molar-refractivity contribution in [2.45, 2.75) is 13.5 Å². The molecule has 0 aromatic heterocycles. The fourth-order valence-corrected chi connectivity index (χ4v) is 2.41. The average Bonchev–Trinajstić information content (AvgIpc) is 2.39. The van der Waals surface area contributed by atoms with Crippen LogP contribution in [-0.2, 0) is 6.61 Å². The molecule has 2 aromatic rings. The Kier molecular flexibility index (Phi) is 4.61. The van der Waals surface area contributed by atoms with Gasteiger partial charge in [-0.25, -0.2) is 0 Å². The second kappa shape index (κ2) is 6.22. The van der Waals surface area contributed by atoms with Gasteiger partial charge < -0.3 is 4.74 Å². The molecule has 0 aliphatic carbocycles. The fourth-order valence-electron chi connectivity index (χ4n) is 1.69. The largest absolute Gasteiger partial charge is 0.488 e. The quantitative estimate of drug-likeness (QED) is 0.748. The highest BCUT2D eigenvalue weighted by Gasteiger charge is 2.06. The number of aldehydes is 1. The Morgan fingerprint density at radius 1 is 1.26 bits per heavy atom. The second-order valence-electron chi connectivity index (χ2n) is 4.18. The number of hydrogen-bond acceptors (Lipinski definition) is 2. The van der Waals surface area contributed by atoms with Gasteiger partial charge >= 0.3 is 0 Å². The molecule has 2 aromatic carbocycles. The number of halogens is 2. The first-order chi connectivity index (χ1) is 9.10. The maximum atomic E-state index is 11.0. The molecule has 0 bridgehead atoms. The van der Waals surface area contributed by atoms with E-state index in [9.17, 15) is 4.79 Å². The molecule has 2 rings (SSSR count). The Balaban J connectivity index is 2.16. The van der Waals surface area contributed by atoms with Crippen LogP contribution in [0.3, 0.4) is 0 Å². The van der Waals surface area contributed by atoms with Gasteiger partial charge in [-0.05, 0) is 31.2 Å². The van der Waals surface area contributed by atoms with Crippen LogP contribution in [0.4, 0.5) is 0 Å². The summed E-state index contributed by atoms with van der Waals surface area (Å²) < 4.78 is 6.58. The van der Waals surface area contributed by atoms with Crippen LogP contribution in [-0.4, -0.2) is 6.29 Å². The molecule has 0 radical (unpaired) electrons. The third kappa shape index (κ3) is 3.58. The predicted octanol–water partition coefficient (Wildman–Crippen LogP) is 4.80. The van der Waals surface area contributed by atoms with Crippen molar-refractivity contribution < 1.29 is 9.53 Å². The summed E-state index contributed by atoms with van der Waals surface area (Å²) in [5.74, 6) is 0.569. The van der Waals surface area contributed by atoms with Crippen molar-refractivity contribution in [3.8, 4) is 5.75 Å². The third-order valence-electron chi connectivity index (χ3n) is 2.69. The molecule has 0 N–H and O–H groups in total. The lowest BCUT2D eigenvalue weighted by molar-refractivity contribution is 0.111. The zero-order chi connectivity index (χ0) is 13.8. The van der Waals surface area contributed by atoms with Gasteiger partial charge in [-0.2, -0.15) is 0 Å². The maximum Gasteiger partial charge on any atom is 0.153 e. The molecule has 19 heavy (non-hydrogen) atoms. The van der Waals surface area contributed by atoms with E-state index >= 15 is 0 Å². The Hall–Kier alpha value is -1.32. The average molecular weight is 340 g/mol. The number of ether oxygens (including phenoxy) is 1. The van der Waals surface area contributed by atoms with Crippen molar-refractivity contribution in [1.29, 1.82) is 0 Å². The van der Waals surface area contributed by atoms with Gasteiger partial charge in [0, 0.05) is 15.1 Å². The predicted molar refractivity (Wildman–Crippen MR) is 80.1 cm³/mol. The molecule has 98 valence electrons. The number of hydrogen-bond donors (Lipinski definition) is 0. The molecule has 2 nitrogen and oxygen atoms in total. The minimum absolute atomic E-state index is 0.329. The number of rotatable bonds is 4. The van der Waals surface area contributed by atoms with Gasteiger partial charge in [0.2, 0.25) is 0 Å². The van der Waals surface area contributed by atoms with Crippen molar-refractivity contribution in [3.05, 3.63) is 62.6 Å². The number of carbonyl (C=O) groups is 1. The molecule has 4 heteroatoms. The van der Waals surface area contributed by atoms with E-state index in [0.29, 0.717) is 22.9 Å². The van der Waals surface area contributed by atoms with Gasteiger partial charge in [0.25, 0.3) is 0 Å². The smallest absolute Gasteiger partial charge is 0.153 e. The van der Waals surface area contributed by atoms with Gasteiger partial charge in [-0.15, -0.1) is 0 Å². The van der Waals surface area contributed by atoms with Crippen molar-refractivity contribution in [2.24, 2.45) is 0 Å². The Morgan fingerprint density at radius 2 is 2.05 bits per heavy atom. The van der Waals surface area contributed by atoms with Crippen molar-refractivity contribution in [3.63, 3.8) is 0 Å². The van der Waals surface area contributed by atoms with Gasteiger partial charge in [0.05, 0.1) is 5.56 Å². The first-order valence-electron chi connectivity index (χ1n) is 5.72. The molecule has 0 fully saturated rings. The molecule has 0 saturated heterocycles. The van der Waals surface area contributed by atoms with E-state index < -0.39 is 0 Å². The molecule has 0 saturated carbocycles. The second-order valence-corrected chi connectivity index (χ2v) is 5.51. The van der Waals surface area contributed by atoms with E-state index in [1.165, 1.54) is 0 Å². The van der Waals surface area contributed by atoms with Crippen LogP contribution in [0.1, 0.15) is 21.5 Å². The van der Waals surface area contributed by atoms with Gasteiger partial charge in [0.1, 0.15) is 12.4 Å². The minimum Gasteiger partial charge on any atom is -0.488 e. The molecule has 0 spiro atoms. The Labute approximate surface area is 125 Å². The molecular weight excluding hydrogens is 328 g/mol. The summed E-state index contributed by atoms with van der Waals surface area (Å²) in [6, 6.07) is 11.1. The summed E-state index contributed by atoms with van der Waals surface area (Å²) >= 11 is 9.47. The van der Waals surface area contributed by atoms with E-state index in [1.54, 1.807) is 12.1 Å².